The van der Waals surface area contributed by atoms with Crippen LogP contribution in [0.3, 0.4) is 0 Å². The van der Waals surface area contributed by atoms with E-state index in [0.29, 0.717) is 44.8 Å². The van der Waals surface area contributed by atoms with E-state index in [4.69, 9.17) is 9.47 Å². The second kappa shape index (κ2) is 9.55. The average molecular weight is 376 g/mol. The third kappa shape index (κ3) is 5.56. The van der Waals surface area contributed by atoms with Crippen molar-refractivity contribution in [3.63, 3.8) is 0 Å². The number of ether oxygens (including phenoxy) is 2. The first kappa shape index (κ1) is 19.4. The van der Waals surface area contributed by atoms with Crippen molar-refractivity contribution in [1.82, 2.24) is 9.88 Å². The van der Waals surface area contributed by atoms with Gasteiger partial charge < -0.3 is 25.0 Å². The first-order chi connectivity index (χ1) is 13.2. The molecule has 27 heavy (non-hydrogen) atoms. The smallest absolute Gasteiger partial charge is 0.409 e. The minimum absolute atomic E-state index is 0.00272. The number of anilines is 2. The molecule has 8 heteroatoms. The van der Waals surface area contributed by atoms with Gasteiger partial charge in [-0.2, -0.15) is 0 Å². The number of rotatable bonds is 5. The molecule has 2 saturated heterocycles. The lowest BCUT2D eigenvalue weighted by atomic mass is 9.99. The SMILES string of the molecule is CCOC(=O)N1CCC(Nc2ccc(NC(=O)C3CCOCC3)nc2)CC1. The molecule has 0 aromatic carbocycles. The standard InChI is InChI=1S/C19H28N4O4/c1-2-27-19(25)23-9-5-15(6-10-23)21-16-3-4-17(20-13-16)22-18(24)14-7-11-26-12-8-14/h3-4,13-15,21H,2,5-12H2,1H3,(H,20,22,24). The molecule has 8 nitrogen and oxygen atoms in total. The maximum atomic E-state index is 12.2. The summed E-state index contributed by atoms with van der Waals surface area (Å²) in [5, 5.41) is 6.33. The van der Waals surface area contributed by atoms with Crippen molar-refractivity contribution in [2.24, 2.45) is 5.92 Å². The molecule has 2 aliphatic heterocycles. The van der Waals surface area contributed by atoms with E-state index in [9.17, 15) is 9.59 Å². The van der Waals surface area contributed by atoms with Gasteiger partial charge in [0.05, 0.1) is 18.5 Å². The number of piperidine rings is 1. The largest absolute Gasteiger partial charge is 0.450 e. The van der Waals surface area contributed by atoms with E-state index in [1.807, 2.05) is 19.1 Å². The summed E-state index contributed by atoms with van der Waals surface area (Å²) < 4.78 is 10.3. The lowest BCUT2D eigenvalue weighted by molar-refractivity contribution is -0.122. The molecule has 0 unspecified atom stereocenters. The fourth-order valence-electron chi connectivity index (χ4n) is 3.40. The van der Waals surface area contributed by atoms with E-state index in [-0.39, 0.29) is 17.9 Å². The molecular formula is C19H28N4O4. The van der Waals surface area contributed by atoms with Crippen molar-refractivity contribution in [3.05, 3.63) is 18.3 Å². The Bertz CT molecular complexity index is 623. The van der Waals surface area contributed by atoms with E-state index in [1.54, 1.807) is 11.1 Å². The highest BCUT2D eigenvalue weighted by atomic mass is 16.6. The predicted molar refractivity (Wildman–Crippen MR) is 102 cm³/mol. The lowest BCUT2D eigenvalue weighted by Crippen LogP contribution is -2.42. The molecule has 2 N–H and O–H groups in total. The molecule has 0 spiro atoms. The Morgan fingerprint density at radius 2 is 1.96 bits per heavy atom. The lowest BCUT2D eigenvalue weighted by Gasteiger charge is -2.32. The number of amides is 2. The van der Waals surface area contributed by atoms with Crippen LogP contribution >= 0.6 is 0 Å². The van der Waals surface area contributed by atoms with Gasteiger partial charge in [-0.1, -0.05) is 0 Å². The van der Waals surface area contributed by atoms with Gasteiger partial charge in [0.15, 0.2) is 0 Å². The summed E-state index contributed by atoms with van der Waals surface area (Å²) in [5.74, 6) is 0.579. The summed E-state index contributed by atoms with van der Waals surface area (Å²) in [6.45, 7) is 4.87. The van der Waals surface area contributed by atoms with Crippen LogP contribution in [0.4, 0.5) is 16.3 Å². The molecule has 3 heterocycles. The number of likely N-dealkylation sites (tertiary alicyclic amines) is 1. The van der Waals surface area contributed by atoms with Gasteiger partial charge in [0, 0.05) is 38.3 Å². The van der Waals surface area contributed by atoms with Crippen molar-refractivity contribution in [2.45, 2.75) is 38.6 Å². The molecule has 3 rings (SSSR count). The van der Waals surface area contributed by atoms with Crippen LogP contribution in [0.25, 0.3) is 0 Å². The summed E-state index contributed by atoms with van der Waals surface area (Å²) in [4.78, 5) is 30.1. The van der Waals surface area contributed by atoms with Gasteiger partial charge in [0.25, 0.3) is 0 Å². The van der Waals surface area contributed by atoms with Gasteiger partial charge in [-0.25, -0.2) is 9.78 Å². The molecule has 0 saturated carbocycles. The molecule has 0 bridgehead atoms. The van der Waals surface area contributed by atoms with Crippen LogP contribution < -0.4 is 10.6 Å². The maximum absolute atomic E-state index is 12.2. The highest BCUT2D eigenvalue weighted by Crippen LogP contribution is 2.19. The number of hydrogen-bond acceptors (Lipinski definition) is 6. The molecular weight excluding hydrogens is 348 g/mol. The zero-order chi connectivity index (χ0) is 19.1. The van der Waals surface area contributed by atoms with Crippen molar-refractivity contribution < 1.29 is 19.1 Å². The predicted octanol–water partition coefficient (Wildman–Crippen LogP) is 2.48. The molecule has 2 fully saturated rings. The van der Waals surface area contributed by atoms with E-state index in [0.717, 1.165) is 31.4 Å². The quantitative estimate of drug-likeness (QED) is 0.820. The third-order valence-electron chi connectivity index (χ3n) is 5.00. The van der Waals surface area contributed by atoms with Gasteiger partial charge in [0.1, 0.15) is 5.82 Å². The Morgan fingerprint density at radius 1 is 1.22 bits per heavy atom. The third-order valence-corrected chi connectivity index (χ3v) is 5.00. The van der Waals surface area contributed by atoms with Crippen LogP contribution in [0.15, 0.2) is 18.3 Å². The number of nitrogens with one attached hydrogen (secondary N) is 2. The molecule has 1 aromatic rings. The summed E-state index contributed by atoms with van der Waals surface area (Å²) in [6, 6.07) is 4.03. The zero-order valence-electron chi connectivity index (χ0n) is 15.8. The van der Waals surface area contributed by atoms with Gasteiger partial charge in [-0.3, -0.25) is 4.79 Å². The van der Waals surface area contributed by atoms with Crippen molar-refractivity contribution in [1.29, 1.82) is 0 Å². The van der Waals surface area contributed by atoms with Crippen molar-refractivity contribution in [3.8, 4) is 0 Å². The van der Waals surface area contributed by atoms with Crippen LogP contribution in [0.1, 0.15) is 32.6 Å². The monoisotopic (exact) mass is 376 g/mol. The fraction of sp³-hybridized carbons (Fsp3) is 0.632. The number of carbonyl (C=O) groups is 2. The van der Waals surface area contributed by atoms with Crippen LogP contribution in [0, 0.1) is 5.92 Å². The van der Waals surface area contributed by atoms with Crippen molar-refractivity contribution >= 4 is 23.5 Å². The first-order valence-electron chi connectivity index (χ1n) is 9.68. The van der Waals surface area contributed by atoms with Crippen LogP contribution in [0.2, 0.25) is 0 Å². The molecule has 0 atom stereocenters. The molecule has 148 valence electrons. The zero-order valence-corrected chi connectivity index (χ0v) is 15.8. The Balaban J connectivity index is 1.44. The number of hydrogen-bond donors (Lipinski definition) is 2. The number of pyridine rings is 1. The highest BCUT2D eigenvalue weighted by Gasteiger charge is 2.24. The molecule has 0 aliphatic carbocycles. The van der Waals surface area contributed by atoms with E-state index < -0.39 is 0 Å². The number of carbonyl (C=O) groups excluding carboxylic acids is 2. The van der Waals surface area contributed by atoms with Gasteiger partial charge in [0.2, 0.25) is 5.91 Å². The minimum Gasteiger partial charge on any atom is -0.450 e. The van der Waals surface area contributed by atoms with E-state index >= 15 is 0 Å². The maximum Gasteiger partial charge on any atom is 0.409 e. The first-order valence-corrected chi connectivity index (χ1v) is 9.68. The van der Waals surface area contributed by atoms with Gasteiger partial charge >= 0.3 is 6.09 Å². The highest BCUT2D eigenvalue weighted by molar-refractivity contribution is 5.91. The summed E-state index contributed by atoms with van der Waals surface area (Å²) in [6.07, 6.45) is 4.74. The van der Waals surface area contributed by atoms with Crippen molar-refractivity contribution in [2.75, 3.05) is 43.5 Å². The number of nitrogens with zero attached hydrogens (tertiary/aromatic N) is 2. The summed E-state index contributed by atoms with van der Waals surface area (Å²) in [5.41, 5.74) is 0.911. The van der Waals surface area contributed by atoms with Crippen LogP contribution in [0.5, 0.6) is 0 Å². The summed E-state index contributed by atoms with van der Waals surface area (Å²) in [7, 11) is 0. The topological polar surface area (TPSA) is 92.8 Å². The fourth-order valence-corrected chi connectivity index (χ4v) is 3.40. The second-order valence-electron chi connectivity index (χ2n) is 6.91. The molecule has 1 aromatic heterocycles. The van der Waals surface area contributed by atoms with E-state index in [2.05, 4.69) is 15.6 Å². The Hall–Kier alpha value is -2.35. The molecule has 2 amide bonds. The van der Waals surface area contributed by atoms with Crippen LogP contribution in [-0.2, 0) is 14.3 Å². The van der Waals surface area contributed by atoms with Crippen LogP contribution in [-0.4, -0.2) is 60.8 Å². The van der Waals surface area contributed by atoms with E-state index in [1.165, 1.54) is 0 Å². The number of aromatic nitrogens is 1. The second-order valence-corrected chi connectivity index (χ2v) is 6.91. The molecule has 2 aliphatic rings. The van der Waals surface area contributed by atoms with Gasteiger partial charge in [-0.15, -0.1) is 0 Å². The van der Waals surface area contributed by atoms with Gasteiger partial charge in [-0.05, 0) is 44.7 Å². The Labute approximate surface area is 159 Å². The summed E-state index contributed by atoms with van der Waals surface area (Å²) >= 11 is 0. The Kier molecular flexibility index (Phi) is 6.86. The Morgan fingerprint density at radius 3 is 2.59 bits per heavy atom. The normalized spacial score (nSPS) is 18.8. The molecule has 0 radical (unpaired) electrons. The average Bonchev–Trinajstić information content (AvgIpc) is 2.71. The minimum atomic E-state index is -0.234.